The average molecular weight is 1250 g/mol. The third kappa shape index (κ3) is 59.0. The Bertz CT molecular complexity index is 1760. The first-order chi connectivity index (χ1) is 40.9. The molecule has 0 aliphatic carbocycles. The van der Waals surface area contributed by atoms with Gasteiger partial charge in [0.2, 0.25) is 0 Å². The molecule has 0 bridgehead atoms. The maximum atomic E-state index is 13.0. The van der Waals surface area contributed by atoms with E-state index in [-0.39, 0.29) is 25.7 Å². The van der Waals surface area contributed by atoms with Crippen LogP contribution in [0, 0.1) is 11.8 Å². The van der Waals surface area contributed by atoms with E-state index in [1.165, 1.54) is 103 Å². The smallest absolute Gasteiger partial charge is 0.462 e. The Labute approximate surface area is 516 Å². The molecule has 17 nitrogen and oxygen atoms in total. The fourth-order valence-corrected chi connectivity index (χ4v) is 10.9. The summed E-state index contributed by atoms with van der Waals surface area (Å²) in [7, 11) is -9.90. The summed E-state index contributed by atoms with van der Waals surface area (Å²) in [6, 6.07) is 0. The van der Waals surface area contributed by atoms with E-state index >= 15 is 0 Å². The summed E-state index contributed by atoms with van der Waals surface area (Å²) >= 11 is 0. The summed E-state index contributed by atoms with van der Waals surface area (Å²) in [6.07, 6.45) is 44.0. The molecule has 19 heteroatoms. The van der Waals surface area contributed by atoms with Crippen molar-refractivity contribution < 1.29 is 80.2 Å². The van der Waals surface area contributed by atoms with Crippen LogP contribution >= 0.6 is 15.6 Å². The third-order valence-corrected chi connectivity index (χ3v) is 16.8. The van der Waals surface area contributed by atoms with Crippen LogP contribution in [0.15, 0.2) is 24.3 Å². The van der Waals surface area contributed by atoms with Gasteiger partial charge in [0, 0.05) is 25.7 Å². The summed E-state index contributed by atoms with van der Waals surface area (Å²) in [6.45, 7) is 9.33. The van der Waals surface area contributed by atoms with Crippen LogP contribution in [-0.4, -0.2) is 96.7 Å². The highest BCUT2D eigenvalue weighted by atomic mass is 31.2. The second-order valence-electron chi connectivity index (χ2n) is 23.9. The number of allylic oxidation sites excluding steroid dienone is 4. The molecule has 3 N–H and O–H groups in total. The van der Waals surface area contributed by atoms with Gasteiger partial charge in [0.1, 0.15) is 19.3 Å². The Morgan fingerprint density at radius 1 is 0.388 bits per heavy atom. The fourth-order valence-electron chi connectivity index (χ4n) is 9.31. The van der Waals surface area contributed by atoms with Crippen molar-refractivity contribution in [2.45, 2.75) is 323 Å². The molecule has 0 rings (SSSR count). The van der Waals surface area contributed by atoms with E-state index in [1.54, 1.807) is 0 Å². The highest BCUT2D eigenvalue weighted by molar-refractivity contribution is 7.47. The number of carbonyl (C=O) groups excluding carboxylic acids is 4. The summed E-state index contributed by atoms with van der Waals surface area (Å²) in [5, 5.41) is 10.5. The van der Waals surface area contributed by atoms with Crippen LogP contribution in [0.5, 0.6) is 0 Å². The van der Waals surface area contributed by atoms with Crippen LogP contribution < -0.4 is 0 Å². The minimum absolute atomic E-state index is 0.0838. The number of ether oxygens (including phenoxy) is 4. The quantitative estimate of drug-likeness (QED) is 0.0169. The molecule has 500 valence electrons. The minimum atomic E-state index is -4.95. The van der Waals surface area contributed by atoms with Crippen LogP contribution in [0.3, 0.4) is 0 Å². The van der Waals surface area contributed by atoms with Gasteiger partial charge in [-0.15, -0.1) is 0 Å². The van der Waals surface area contributed by atoms with Gasteiger partial charge in [0.05, 0.1) is 26.4 Å². The lowest BCUT2D eigenvalue weighted by Gasteiger charge is -2.21. The Hall–Kier alpha value is -2.46. The fraction of sp³-hybridized carbons (Fsp3) is 0.879. The lowest BCUT2D eigenvalue weighted by atomic mass is 10.00. The van der Waals surface area contributed by atoms with Crippen LogP contribution in [0.25, 0.3) is 0 Å². The van der Waals surface area contributed by atoms with E-state index in [0.717, 1.165) is 115 Å². The van der Waals surface area contributed by atoms with E-state index in [2.05, 4.69) is 65.8 Å². The topological polar surface area (TPSA) is 237 Å². The molecule has 0 aliphatic heterocycles. The number of rotatable bonds is 63. The number of carbonyl (C=O) groups is 4. The molecule has 0 saturated heterocycles. The van der Waals surface area contributed by atoms with Gasteiger partial charge in [-0.05, 0) is 63.2 Å². The zero-order valence-corrected chi connectivity index (χ0v) is 56.2. The Morgan fingerprint density at radius 3 is 1.06 bits per heavy atom. The molecular formula is C66H124O17P2. The number of phosphoric ester groups is 2. The molecule has 3 unspecified atom stereocenters. The highest BCUT2D eigenvalue weighted by Crippen LogP contribution is 2.45. The van der Waals surface area contributed by atoms with Gasteiger partial charge in [0.25, 0.3) is 0 Å². The van der Waals surface area contributed by atoms with Crippen LogP contribution in [0.2, 0.25) is 0 Å². The first kappa shape index (κ1) is 82.5. The molecular weight excluding hydrogens is 1130 g/mol. The molecule has 0 aromatic rings. The molecule has 0 amide bonds. The van der Waals surface area contributed by atoms with Crippen molar-refractivity contribution in [2.24, 2.45) is 11.8 Å². The molecule has 0 aromatic carbocycles. The highest BCUT2D eigenvalue weighted by Gasteiger charge is 2.30. The number of unbranched alkanes of at least 4 members (excludes halogenated alkanes) is 29. The third-order valence-electron chi connectivity index (χ3n) is 14.9. The van der Waals surface area contributed by atoms with Crippen molar-refractivity contribution in [2.75, 3.05) is 39.6 Å². The lowest BCUT2D eigenvalue weighted by Crippen LogP contribution is -2.30. The van der Waals surface area contributed by atoms with E-state index < -0.39 is 97.5 Å². The van der Waals surface area contributed by atoms with Crippen molar-refractivity contribution >= 4 is 39.5 Å². The maximum absolute atomic E-state index is 13.0. The summed E-state index contributed by atoms with van der Waals surface area (Å²) in [4.78, 5) is 72.2. The Kier molecular flexibility index (Phi) is 56.3. The monoisotopic (exact) mass is 1250 g/mol. The molecule has 0 saturated carbocycles. The van der Waals surface area contributed by atoms with Gasteiger partial charge in [-0.1, -0.05) is 252 Å². The number of hydrogen-bond acceptors (Lipinski definition) is 15. The number of aliphatic hydroxyl groups is 1. The van der Waals surface area contributed by atoms with Crippen molar-refractivity contribution in [3.05, 3.63) is 24.3 Å². The van der Waals surface area contributed by atoms with Crippen molar-refractivity contribution in [3.8, 4) is 0 Å². The number of hydrogen-bond donors (Lipinski definition) is 3. The Balaban J connectivity index is 5.28. The average Bonchev–Trinajstić information content (AvgIpc) is 3.56. The summed E-state index contributed by atoms with van der Waals surface area (Å²) in [5.74, 6) is -0.745. The molecule has 0 radical (unpaired) electrons. The normalized spacial score (nSPS) is 14.8. The van der Waals surface area contributed by atoms with E-state index in [0.29, 0.717) is 31.6 Å². The number of esters is 4. The number of phosphoric acid groups is 2. The first-order valence-electron chi connectivity index (χ1n) is 33.8. The van der Waals surface area contributed by atoms with Gasteiger partial charge >= 0.3 is 39.5 Å². The van der Waals surface area contributed by atoms with E-state index in [4.69, 9.17) is 37.0 Å². The van der Waals surface area contributed by atoms with Gasteiger partial charge < -0.3 is 33.8 Å². The maximum Gasteiger partial charge on any atom is 0.472 e. The molecule has 85 heavy (non-hydrogen) atoms. The van der Waals surface area contributed by atoms with Crippen molar-refractivity contribution in [1.82, 2.24) is 0 Å². The van der Waals surface area contributed by atoms with Crippen LogP contribution in [0.4, 0.5) is 0 Å². The molecule has 0 spiro atoms. The molecule has 0 aromatic heterocycles. The predicted octanol–water partition coefficient (Wildman–Crippen LogP) is 18.0. The summed E-state index contributed by atoms with van der Waals surface area (Å²) in [5.41, 5.74) is 0. The zero-order chi connectivity index (χ0) is 62.9. The SMILES string of the molecule is CCCCCC/C=C\C=C/CCCCCCCC(=O)O[C@H](COC(=O)CCCCCCCCCC(C)C)COP(=O)(O)OC[C@@H](O)COP(=O)(O)OC[C@@H](COC(=O)CCCCCCCCCCCC)OC(=O)CCCCCCCCC(C)CC. The minimum Gasteiger partial charge on any atom is -0.462 e. The van der Waals surface area contributed by atoms with Crippen LogP contribution in [-0.2, 0) is 65.4 Å². The largest absolute Gasteiger partial charge is 0.472 e. The molecule has 0 heterocycles. The molecule has 6 atom stereocenters. The second kappa shape index (κ2) is 57.9. The summed E-state index contributed by atoms with van der Waals surface area (Å²) < 4.78 is 68.0. The van der Waals surface area contributed by atoms with Crippen molar-refractivity contribution in [3.63, 3.8) is 0 Å². The van der Waals surface area contributed by atoms with Crippen LogP contribution in [0.1, 0.15) is 305 Å². The molecule has 0 aliphatic rings. The van der Waals surface area contributed by atoms with E-state index in [9.17, 15) is 43.2 Å². The van der Waals surface area contributed by atoms with E-state index in [1.807, 2.05) is 0 Å². The Morgan fingerprint density at radius 2 is 0.694 bits per heavy atom. The predicted molar refractivity (Wildman–Crippen MR) is 340 cm³/mol. The van der Waals surface area contributed by atoms with Gasteiger partial charge in [-0.3, -0.25) is 37.3 Å². The standard InChI is InChI=1S/C66H124O17P2/c1-7-10-12-14-16-18-20-21-22-23-24-26-30-38-44-50-65(70)82-61(54-77-64(69)49-43-37-31-27-28-34-40-46-58(4)5)56-80-84(72,73)78-52-60(67)53-79-85(74,75)81-57-62(83-66(71)51-45-39-33-32-35-41-47-59(6)9-3)55-76-63(68)48-42-36-29-25-19-17-15-13-11-8-2/h18,20-22,58-62,67H,7-17,19,23-57H2,1-6H3,(H,72,73)(H,74,75)/b20-18-,22-21-/t59?,60-,61-,62-/m1/s1. The van der Waals surface area contributed by atoms with Gasteiger partial charge in [-0.2, -0.15) is 0 Å². The number of aliphatic hydroxyl groups excluding tert-OH is 1. The van der Waals surface area contributed by atoms with Crippen molar-refractivity contribution in [1.29, 1.82) is 0 Å². The van der Waals surface area contributed by atoms with Gasteiger partial charge in [0.15, 0.2) is 12.2 Å². The first-order valence-corrected chi connectivity index (χ1v) is 36.8. The molecule has 0 fully saturated rings. The van der Waals surface area contributed by atoms with Gasteiger partial charge in [-0.25, -0.2) is 9.13 Å². The second-order valence-corrected chi connectivity index (χ2v) is 26.8. The lowest BCUT2D eigenvalue weighted by molar-refractivity contribution is -0.161. The zero-order valence-electron chi connectivity index (χ0n) is 54.4.